The third-order valence-corrected chi connectivity index (χ3v) is 18.3. The Bertz CT molecular complexity index is 1870. The maximum atomic E-state index is 12.1. The average Bonchev–Trinajstić information content (AvgIpc) is 1.78. The standard InChI is InChI=1S/2C27H52N2.2C4H4F5O2S.K.NO3.2O2S/c2*1-2-3-4-5-6-7-8-9-10-11-12-13-14-15-16-17-21-26-22-18-19-24-29-25-20-23-28-27(26)29;2*1-2(3(5,6)7)4(8,9)12(10)11;;2-1(3)4;2*1-3-2/h2*26H,2-25H2,1H3;2*1H3,(H,10,11);;;;/q;;2*-1;+1;-1;;. The second-order valence-corrected chi connectivity index (χ2v) is 26.4. The van der Waals surface area contributed by atoms with Gasteiger partial charge in [-0.05, 0) is 73.5 Å². The molecule has 16 nitrogen and oxygen atoms in total. The van der Waals surface area contributed by atoms with Gasteiger partial charge in [-0.1, -0.05) is 219 Å². The first-order chi connectivity index (χ1) is 43.6. The number of rotatable bonds is 38. The fraction of sp³-hybridized carbons (Fsp3) is 0.935. The Hall–Kier alpha value is -0.744. The van der Waals surface area contributed by atoms with Gasteiger partial charge in [0.15, 0.2) is 11.7 Å². The minimum absolute atomic E-state index is 0. The number of hydrogen-bond acceptors (Lipinski definition) is 13. The van der Waals surface area contributed by atoms with Crippen LogP contribution in [0.5, 0.6) is 0 Å². The molecule has 93 heavy (non-hydrogen) atoms. The first-order valence-electron chi connectivity index (χ1n) is 33.8. The summed E-state index contributed by atoms with van der Waals surface area (Å²) >= 11 is -9.69. The van der Waals surface area contributed by atoms with Crippen LogP contribution in [0.15, 0.2) is 9.98 Å². The van der Waals surface area contributed by atoms with Crippen LogP contribution in [0.3, 0.4) is 0 Å². The van der Waals surface area contributed by atoms with Crippen molar-refractivity contribution < 1.29 is 145 Å². The van der Waals surface area contributed by atoms with Crippen molar-refractivity contribution in [3.05, 3.63) is 27.2 Å². The van der Waals surface area contributed by atoms with Crippen LogP contribution >= 0.6 is 0 Å². The summed E-state index contributed by atoms with van der Waals surface area (Å²) in [6, 6.07) is 0. The van der Waals surface area contributed by atoms with Crippen LogP contribution in [-0.2, 0) is 45.3 Å². The van der Waals surface area contributed by atoms with E-state index in [1.54, 1.807) is 21.5 Å². The fourth-order valence-corrected chi connectivity index (χ4v) is 12.3. The Labute approximate surface area is 604 Å². The normalized spacial score (nSPS) is 18.6. The molecule has 0 saturated carbocycles. The van der Waals surface area contributed by atoms with E-state index in [1.165, 1.54) is 296 Å². The van der Waals surface area contributed by atoms with Gasteiger partial charge in [-0.2, -0.15) is 30.7 Å². The van der Waals surface area contributed by atoms with Crippen molar-refractivity contribution in [3.8, 4) is 0 Å². The summed E-state index contributed by atoms with van der Waals surface area (Å²) in [4.78, 5) is 21.7. The number of fused-ring (bicyclic) bond motifs is 2. The number of nitrogens with zero attached hydrogens (tertiary/aromatic N) is 3. The summed E-state index contributed by atoms with van der Waals surface area (Å²) in [7, 11) is 0. The third-order valence-electron chi connectivity index (χ3n) is 16.9. The molecule has 4 rings (SSSR count). The Morgan fingerprint density at radius 2 is 0.645 bits per heavy atom. The molecule has 0 aromatic carbocycles. The monoisotopic (exact) mass is 1460 g/mol. The first kappa shape index (κ1) is 98.6. The van der Waals surface area contributed by atoms with Gasteiger partial charge in [0.1, 0.15) is 0 Å². The van der Waals surface area contributed by atoms with Crippen molar-refractivity contribution in [2.45, 2.75) is 320 Å². The largest absolute Gasteiger partial charge is 1.00 e. The number of halogens is 10. The van der Waals surface area contributed by atoms with E-state index in [1.807, 2.05) is 0 Å². The third kappa shape index (κ3) is 54.7. The molecule has 0 amide bonds. The van der Waals surface area contributed by atoms with Gasteiger partial charge in [0.05, 0.1) is 43.1 Å². The quantitative estimate of drug-likeness (QED) is 0.0112. The predicted molar refractivity (Wildman–Crippen MR) is 344 cm³/mol. The van der Waals surface area contributed by atoms with E-state index in [2.05, 4.69) is 13.8 Å². The summed E-state index contributed by atoms with van der Waals surface area (Å²) < 4.78 is 189. The molecule has 0 aromatic heterocycles. The van der Waals surface area contributed by atoms with Crippen LogP contribution in [0.2, 0.25) is 0 Å². The van der Waals surface area contributed by atoms with Crippen molar-refractivity contribution in [2.24, 2.45) is 21.8 Å². The van der Waals surface area contributed by atoms with Gasteiger partial charge in [0.25, 0.3) is 12.4 Å². The van der Waals surface area contributed by atoms with Crippen molar-refractivity contribution in [3.63, 3.8) is 0 Å². The number of nitrogens with one attached hydrogen (secondary N) is 2. The zero-order chi connectivity index (χ0) is 70.1. The van der Waals surface area contributed by atoms with Crippen molar-refractivity contribution in [2.75, 3.05) is 39.3 Å². The van der Waals surface area contributed by atoms with E-state index in [-0.39, 0.29) is 65.2 Å². The SMILES string of the molecule is CCCCCCCCCCCCCCCCCCC1CCCC[NH+]2CCCN=C12.CCCCCCCCCCCCCCCCCCC1CCCC[NH+]2CCCN=C12.C[C-](C(F)(F)F)C(F)(F)S(=O)[O-].C[C-](C(F)(F)F)C(F)(F)S(=O)[O-].O=S=O.O=S=O.O=[N+]([O-])[O-].[K+]. The van der Waals surface area contributed by atoms with E-state index >= 15 is 0 Å². The summed E-state index contributed by atoms with van der Waals surface area (Å²) in [5, 5.41) is 5.05. The number of quaternary nitrogens is 2. The Morgan fingerprint density at radius 3 is 0.839 bits per heavy atom. The molecule has 2 saturated heterocycles. The van der Waals surface area contributed by atoms with Crippen LogP contribution in [0, 0.1) is 39.0 Å². The smallest absolute Gasteiger partial charge is 0.770 e. The molecule has 6 atom stereocenters. The van der Waals surface area contributed by atoms with Gasteiger partial charge >= 0.3 is 74.5 Å². The van der Waals surface area contributed by atoms with Gasteiger partial charge in [-0.15, -0.1) is 11.8 Å². The molecule has 548 valence electrons. The maximum absolute atomic E-state index is 12.1. The molecule has 4 heterocycles. The molecule has 4 aliphatic rings. The zero-order valence-electron chi connectivity index (χ0n) is 56.3. The Morgan fingerprint density at radius 1 is 0.441 bits per heavy atom. The molecule has 0 radical (unpaired) electrons. The van der Waals surface area contributed by atoms with Crippen molar-refractivity contribution in [1.82, 2.24) is 0 Å². The molecule has 4 aliphatic heterocycles. The average molecular weight is 1460 g/mol. The molecule has 0 aromatic rings. The second-order valence-electron chi connectivity index (χ2n) is 24.1. The van der Waals surface area contributed by atoms with Crippen LogP contribution in [0.1, 0.15) is 297 Å². The number of aliphatic imine (C=N–C) groups is 2. The van der Waals surface area contributed by atoms with Gasteiger partial charge < -0.3 is 24.4 Å². The Balaban J connectivity index is -0.000000573. The van der Waals surface area contributed by atoms with Gasteiger partial charge in [-0.3, -0.25) is 18.2 Å². The van der Waals surface area contributed by atoms with E-state index in [0.29, 0.717) is 0 Å². The molecule has 6 unspecified atom stereocenters. The number of unbranched alkanes of at least 4 members (excludes halogenated alkanes) is 30. The summed E-state index contributed by atoms with van der Waals surface area (Å²) in [5.41, 5.74) is 0. The number of hydrogen-bond donors (Lipinski definition) is 2. The molecule has 2 fully saturated rings. The van der Waals surface area contributed by atoms with Gasteiger partial charge in [0.2, 0.25) is 10.5 Å². The summed E-state index contributed by atoms with van der Waals surface area (Å²) in [5.74, 6) is 0.106. The molecule has 2 N–H and O–H groups in total. The fourth-order valence-electron chi connectivity index (χ4n) is 11.6. The van der Waals surface area contributed by atoms with Crippen LogP contribution < -0.4 is 61.2 Å². The molecule has 0 bridgehead atoms. The topological polar surface area (TPSA) is 248 Å². The maximum Gasteiger partial charge on any atom is 1.00 e. The second kappa shape index (κ2) is 63.4. The molecular weight excluding hydrogens is 1350 g/mol. The van der Waals surface area contributed by atoms with E-state index in [9.17, 15) is 61.4 Å². The Kier molecular flexibility index (Phi) is 67.3. The van der Waals surface area contributed by atoms with Gasteiger partial charge in [-0.25, -0.2) is 53.9 Å². The van der Waals surface area contributed by atoms with Crippen LogP contribution in [0.25, 0.3) is 0 Å². The first-order valence-corrected chi connectivity index (χ1v) is 37.3. The number of alkyl halides is 10. The molecule has 0 aliphatic carbocycles. The van der Waals surface area contributed by atoms with Crippen molar-refractivity contribution in [1.29, 1.82) is 0 Å². The minimum Gasteiger partial charge on any atom is -0.770 e. The zero-order valence-corrected chi connectivity index (χ0v) is 62.7. The van der Waals surface area contributed by atoms with Crippen LogP contribution in [-0.4, -0.2) is 113 Å². The van der Waals surface area contributed by atoms with E-state index in [4.69, 9.17) is 42.1 Å². The number of amidine groups is 2. The van der Waals surface area contributed by atoms with E-state index < -0.39 is 85.1 Å². The molecule has 0 spiro atoms. The van der Waals surface area contributed by atoms with Crippen molar-refractivity contribution >= 4 is 57.0 Å². The summed E-state index contributed by atoms with van der Waals surface area (Å²) in [6.07, 6.45) is 50.3. The molecular formula is C62H112F10KN5O11S4-2. The van der Waals surface area contributed by atoms with Crippen LogP contribution in [0.4, 0.5) is 43.9 Å². The van der Waals surface area contributed by atoms with E-state index in [0.717, 1.165) is 24.9 Å². The van der Waals surface area contributed by atoms with Gasteiger partial charge in [0, 0.05) is 25.9 Å². The minimum atomic E-state index is -5.30. The predicted octanol–water partition coefficient (Wildman–Crippen LogP) is 12.9. The molecule has 31 heteroatoms. The summed E-state index contributed by atoms with van der Waals surface area (Å²) in [6.45, 7) is 12.3.